The summed E-state index contributed by atoms with van der Waals surface area (Å²) in [4.78, 5) is 26.3. The van der Waals surface area contributed by atoms with Gasteiger partial charge in [0, 0.05) is 56.9 Å². The van der Waals surface area contributed by atoms with E-state index in [1.165, 1.54) is 16.7 Å². The molecular weight excluding hydrogens is 437 g/mol. The number of fused-ring (bicyclic) bond motifs is 1. The molecule has 1 fully saturated rings. The maximum Gasteiger partial charge on any atom is 0.350 e. The molecule has 0 saturated carbocycles. The van der Waals surface area contributed by atoms with Crippen LogP contribution in [0.3, 0.4) is 0 Å². The van der Waals surface area contributed by atoms with Crippen molar-refractivity contribution in [3.63, 3.8) is 0 Å². The number of hydrogen-bond acceptors (Lipinski definition) is 7. The Morgan fingerprint density at radius 1 is 1.21 bits per heavy atom. The summed E-state index contributed by atoms with van der Waals surface area (Å²) in [6.45, 7) is 7.66. The van der Waals surface area contributed by atoms with E-state index in [9.17, 15) is 14.4 Å². The lowest BCUT2D eigenvalue weighted by Crippen LogP contribution is -2.57. The molecule has 34 heavy (non-hydrogen) atoms. The van der Waals surface area contributed by atoms with Crippen LogP contribution in [0.2, 0.25) is 0 Å². The van der Waals surface area contributed by atoms with E-state index in [1.807, 2.05) is 7.05 Å². The van der Waals surface area contributed by atoms with Gasteiger partial charge in [0.1, 0.15) is 28.6 Å². The number of hydrogen-bond donors (Lipinski definition) is 0. The Hall–Kier alpha value is -3.45. The van der Waals surface area contributed by atoms with E-state index in [1.54, 1.807) is 24.8 Å². The minimum atomic E-state index is -0.360. The van der Waals surface area contributed by atoms with Crippen LogP contribution in [0.15, 0.2) is 23.0 Å². The number of benzene rings is 1. The van der Waals surface area contributed by atoms with Crippen LogP contribution in [0.5, 0.6) is 5.75 Å². The highest BCUT2D eigenvalue weighted by Gasteiger charge is 2.35. The van der Waals surface area contributed by atoms with Crippen LogP contribution in [0.4, 0.5) is 10.2 Å². The van der Waals surface area contributed by atoms with Crippen LogP contribution in [0, 0.1) is 17.1 Å². The highest BCUT2D eigenvalue weighted by Crippen LogP contribution is 2.35. The number of halogens is 1. The van der Waals surface area contributed by atoms with Crippen molar-refractivity contribution in [2.45, 2.75) is 45.3 Å². The fraction of sp³-hybridized carbons (Fsp3) is 0.500. The molecule has 1 saturated heterocycles. The van der Waals surface area contributed by atoms with Gasteiger partial charge in [0.15, 0.2) is 5.82 Å². The van der Waals surface area contributed by atoms with Crippen LogP contribution in [0.1, 0.15) is 38.2 Å². The van der Waals surface area contributed by atoms with Crippen LogP contribution < -0.4 is 15.3 Å². The first kappa shape index (κ1) is 23.7. The summed E-state index contributed by atoms with van der Waals surface area (Å²) in [5, 5.41) is 9.18. The zero-order valence-corrected chi connectivity index (χ0v) is 20.4. The summed E-state index contributed by atoms with van der Waals surface area (Å²) in [6.07, 6.45) is 0.148. The minimum Gasteiger partial charge on any atom is -0.496 e. The van der Waals surface area contributed by atoms with Gasteiger partial charge in [-0.3, -0.25) is 9.47 Å². The van der Waals surface area contributed by atoms with Crippen LogP contribution in [-0.4, -0.2) is 56.3 Å². The van der Waals surface area contributed by atoms with Gasteiger partial charge in [0.2, 0.25) is 0 Å². The van der Waals surface area contributed by atoms with Gasteiger partial charge >= 0.3 is 5.69 Å². The molecule has 180 valence electrons. The first-order valence-corrected chi connectivity index (χ1v) is 11.3. The number of rotatable bonds is 5. The highest BCUT2D eigenvalue weighted by atomic mass is 19.1. The molecule has 0 radical (unpaired) electrons. The maximum atomic E-state index is 13.7. The van der Waals surface area contributed by atoms with Gasteiger partial charge in [-0.05, 0) is 26.8 Å². The molecule has 0 amide bonds. The lowest BCUT2D eigenvalue weighted by molar-refractivity contribution is 0.117. The lowest BCUT2D eigenvalue weighted by Gasteiger charge is -2.47. The van der Waals surface area contributed by atoms with Crippen molar-refractivity contribution in [2.75, 3.05) is 25.1 Å². The van der Waals surface area contributed by atoms with Crippen molar-refractivity contribution < 1.29 is 9.13 Å². The van der Waals surface area contributed by atoms with Crippen molar-refractivity contribution in [3.05, 3.63) is 45.9 Å². The molecule has 1 aliphatic heterocycles. The van der Waals surface area contributed by atoms with Gasteiger partial charge in [-0.2, -0.15) is 10.2 Å². The Bertz CT molecular complexity index is 1330. The lowest BCUT2D eigenvalue weighted by atomic mass is 10.00. The number of piperazine rings is 1. The van der Waals surface area contributed by atoms with Gasteiger partial charge in [-0.15, -0.1) is 0 Å². The molecule has 4 rings (SSSR count). The number of nitriles is 1. The second-order valence-corrected chi connectivity index (χ2v) is 8.98. The Morgan fingerprint density at radius 2 is 1.94 bits per heavy atom. The van der Waals surface area contributed by atoms with Crippen LogP contribution >= 0.6 is 0 Å². The van der Waals surface area contributed by atoms with Crippen molar-refractivity contribution in [3.8, 4) is 11.8 Å². The van der Waals surface area contributed by atoms with Crippen molar-refractivity contribution in [2.24, 2.45) is 14.1 Å². The minimum absolute atomic E-state index is 0.00357. The molecule has 3 heterocycles. The average Bonchev–Trinajstić information content (AvgIpc) is 3.13. The largest absolute Gasteiger partial charge is 0.496 e. The van der Waals surface area contributed by atoms with Gasteiger partial charge in [-0.25, -0.2) is 14.2 Å². The normalized spacial score (nSPS) is 19.9. The second-order valence-electron chi connectivity index (χ2n) is 8.98. The van der Waals surface area contributed by atoms with E-state index in [2.05, 4.69) is 46.6 Å². The second kappa shape index (κ2) is 9.06. The fourth-order valence-corrected chi connectivity index (χ4v) is 5.00. The molecule has 9 nitrogen and oxygen atoms in total. The van der Waals surface area contributed by atoms with Gasteiger partial charge in [0.25, 0.3) is 0 Å². The Balaban J connectivity index is 1.70. The molecule has 0 bridgehead atoms. The highest BCUT2D eigenvalue weighted by molar-refractivity contribution is 5.84. The molecule has 3 atom stereocenters. The summed E-state index contributed by atoms with van der Waals surface area (Å²) in [5.74, 6) is 1.34. The molecule has 10 heteroatoms. The average molecular weight is 468 g/mol. The summed E-state index contributed by atoms with van der Waals surface area (Å²) < 4.78 is 22.4. The van der Waals surface area contributed by atoms with Crippen molar-refractivity contribution in [1.29, 1.82) is 5.26 Å². The fourth-order valence-electron chi connectivity index (χ4n) is 5.00. The van der Waals surface area contributed by atoms with E-state index >= 15 is 0 Å². The molecule has 0 aliphatic carbocycles. The van der Waals surface area contributed by atoms with Gasteiger partial charge < -0.3 is 14.2 Å². The molecule has 1 unspecified atom stereocenters. The van der Waals surface area contributed by atoms with Gasteiger partial charge in [-0.1, -0.05) is 6.07 Å². The number of imidazole rings is 1. The molecule has 3 aromatic rings. The Morgan fingerprint density at radius 3 is 2.62 bits per heavy atom. The standard InChI is InChI=1S/C24H30FN7O2/c1-14-13-32(15(2)12-31(14)16(3)18-8-7-17(25)11-19(18)34-6)22-21-23(30(5)24(33)28-22)29(4)20(27-21)9-10-26/h7-8,11,14-16H,9,12-13H2,1-6H3/t14-,15+,16?/m1/s1. The monoisotopic (exact) mass is 467 g/mol. The van der Waals surface area contributed by atoms with Crippen LogP contribution in [-0.2, 0) is 20.5 Å². The SMILES string of the molecule is COc1cc(F)ccc1C(C)N1C[C@H](C)N(c2nc(=O)n(C)c3c2nc(CC#N)n3C)C[C@H]1C. The molecule has 1 aromatic carbocycles. The summed E-state index contributed by atoms with van der Waals surface area (Å²) in [5.41, 5.74) is 1.83. The predicted octanol–water partition coefficient (Wildman–Crippen LogP) is 2.54. The van der Waals surface area contributed by atoms with Gasteiger partial charge in [0.05, 0.1) is 19.6 Å². The molecule has 2 aromatic heterocycles. The number of aromatic nitrogens is 4. The quantitative estimate of drug-likeness (QED) is 0.569. The van der Waals surface area contributed by atoms with E-state index in [0.717, 1.165) is 5.56 Å². The first-order valence-electron chi connectivity index (χ1n) is 11.3. The summed E-state index contributed by atoms with van der Waals surface area (Å²) in [6, 6.07) is 6.94. The third kappa shape index (κ3) is 3.90. The van der Waals surface area contributed by atoms with E-state index in [0.29, 0.717) is 41.6 Å². The third-order valence-electron chi connectivity index (χ3n) is 6.86. The smallest absolute Gasteiger partial charge is 0.350 e. The maximum absolute atomic E-state index is 13.7. The Labute approximate surface area is 198 Å². The Kier molecular flexibility index (Phi) is 6.32. The number of methoxy groups -OCH3 is 1. The molecule has 1 aliphatic rings. The topological polar surface area (TPSA) is 92.2 Å². The van der Waals surface area contributed by atoms with Crippen LogP contribution in [0.25, 0.3) is 11.2 Å². The number of anilines is 1. The number of nitrogens with zero attached hydrogens (tertiary/aromatic N) is 7. The summed E-state index contributed by atoms with van der Waals surface area (Å²) >= 11 is 0. The molecule has 0 N–H and O–H groups in total. The zero-order chi connectivity index (χ0) is 24.7. The first-order chi connectivity index (χ1) is 16.2. The van der Waals surface area contributed by atoms with Crippen molar-refractivity contribution in [1.82, 2.24) is 24.0 Å². The number of ether oxygens (including phenoxy) is 1. The molecular formula is C24H30FN7O2. The number of aryl methyl sites for hydroxylation is 2. The molecule has 0 spiro atoms. The predicted molar refractivity (Wildman–Crippen MR) is 127 cm³/mol. The van der Waals surface area contributed by atoms with E-state index < -0.39 is 0 Å². The van der Waals surface area contributed by atoms with E-state index in [4.69, 9.17) is 4.74 Å². The van der Waals surface area contributed by atoms with Crippen molar-refractivity contribution >= 4 is 17.0 Å². The van der Waals surface area contributed by atoms with E-state index in [-0.39, 0.29) is 36.1 Å². The summed E-state index contributed by atoms with van der Waals surface area (Å²) in [7, 11) is 5.03. The zero-order valence-electron chi connectivity index (χ0n) is 20.4. The third-order valence-corrected chi connectivity index (χ3v) is 6.86.